The minimum atomic E-state index is -1.01. The lowest BCUT2D eigenvalue weighted by Gasteiger charge is -2.19. The number of carbonyl (C=O) groups is 2. The average Bonchev–Trinajstić information content (AvgIpc) is 2.42. The first-order chi connectivity index (χ1) is 9.75. The second-order valence-corrected chi connectivity index (χ2v) is 6.19. The minimum Gasteiger partial charge on any atom is -0.480 e. The molecule has 21 heavy (non-hydrogen) atoms. The van der Waals surface area contributed by atoms with Crippen LogP contribution in [0.3, 0.4) is 0 Å². The van der Waals surface area contributed by atoms with Crippen molar-refractivity contribution in [3.8, 4) is 0 Å². The lowest BCUT2D eigenvalue weighted by molar-refractivity contribution is -0.139. The van der Waals surface area contributed by atoms with Gasteiger partial charge in [0.15, 0.2) is 0 Å². The molecule has 1 amide bonds. The van der Waals surface area contributed by atoms with Gasteiger partial charge in [0.2, 0.25) is 0 Å². The monoisotopic (exact) mass is 290 g/mol. The van der Waals surface area contributed by atoms with Crippen LogP contribution >= 0.6 is 0 Å². The Kier molecular flexibility index (Phi) is 5.94. The predicted molar refractivity (Wildman–Crippen MR) is 83.2 cm³/mol. The van der Waals surface area contributed by atoms with Crippen LogP contribution in [-0.2, 0) is 10.2 Å². The quantitative estimate of drug-likeness (QED) is 0.845. The van der Waals surface area contributed by atoms with Gasteiger partial charge >= 0.3 is 5.97 Å². The van der Waals surface area contributed by atoms with Crippen LogP contribution in [0.4, 0.5) is 0 Å². The highest BCUT2D eigenvalue weighted by Crippen LogP contribution is 2.22. The van der Waals surface area contributed by atoms with Crippen LogP contribution in [0.15, 0.2) is 24.3 Å². The van der Waals surface area contributed by atoms with E-state index < -0.39 is 12.0 Å². The molecule has 0 saturated carbocycles. The zero-order valence-corrected chi connectivity index (χ0v) is 13.0. The summed E-state index contributed by atoms with van der Waals surface area (Å²) in [6.07, 6.45) is 1.71. The molecule has 0 aromatic heterocycles. The molecule has 1 radical (unpaired) electrons. The van der Waals surface area contributed by atoms with Crippen molar-refractivity contribution >= 4 is 11.9 Å². The summed E-state index contributed by atoms with van der Waals surface area (Å²) >= 11 is 0. The molecule has 4 nitrogen and oxygen atoms in total. The fraction of sp³-hybridized carbons (Fsp3) is 0.471. The van der Waals surface area contributed by atoms with Crippen molar-refractivity contribution in [3.63, 3.8) is 0 Å². The summed E-state index contributed by atoms with van der Waals surface area (Å²) in [5.74, 6) is -1.37. The molecule has 1 aromatic carbocycles. The summed E-state index contributed by atoms with van der Waals surface area (Å²) in [4.78, 5) is 23.2. The SMILES string of the molecule is [CH2]CCCC(NC(=O)c1ccc(C(C)(C)C)cc1)C(=O)O. The Morgan fingerprint density at radius 3 is 2.24 bits per heavy atom. The summed E-state index contributed by atoms with van der Waals surface area (Å²) in [5.41, 5.74) is 1.63. The minimum absolute atomic E-state index is 0.0206. The van der Waals surface area contributed by atoms with Crippen molar-refractivity contribution in [2.24, 2.45) is 0 Å². The van der Waals surface area contributed by atoms with Gasteiger partial charge in [0.1, 0.15) is 6.04 Å². The summed E-state index contributed by atoms with van der Waals surface area (Å²) in [7, 11) is 0. The number of aliphatic carboxylic acids is 1. The summed E-state index contributed by atoms with van der Waals surface area (Å²) in [6, 6.07) is 6.41. The number of carboxylic acids is 1. The molecule has 0 aliphatic heterocycles. The van der Waals surface area contributed by atoms with Gasteiger partial charge in [0, 0.05) is 5.56 Å². The summed E-state index contributed by atoms with van der Waals surface area (Å²) in [5, 5.41) is 11.7. The molecule has 1 aromatic rings. The number of benzene rings is 1. The Hall–Kier alpha value is -1.84. The number of rotatable bonds is 6. The Labute approximate surface area is 126 Å². The average molecular weight is 290 g/mol. The molecular weight excluding hydrogens is 266 g/mol. The van der Waals surface area contributed by atoms with Crippen molar-refractivity contribution in [2.75, 3.05) is 0 Å². The first-order valence-electron chi connectivity index (χ1n) is 7.19. The first-order valence-corrected chi connectivity index (χ1v) is 7.19. The highest BCUT2D eigenvalue weighted by Gasteiger charge is 2.20. The van der Waals surface area contributed by atoms with Gasteiger partial charge in [-0.1, -0.05) is 52.7 Å². The standard InChI is InChI=1S/C17H24NO3/c1-5-6-7-14(16(20)21)18-15(19)12-8-10-13(11-9-12)17(2,3)4/h8-11,14H,1,5-7H2,2-4H3,(H,18,19)(H,20,21). The van der Waals surface area contributed by atoms with Gasteiger partial charge in [-0.2, -0.15) is 0 Å². The van der Waals surface area contributed by atoms with E-state index in [1.807, 2.05) is 12.1 Å². The van der Waals surface area contributed by atoms with Gasteiger partial charge in [-0.15, -0.1) is 0 Å². The summed E-state index contributed by atoms with van der Waals surface area (Å²) < 4.78 is 0. The number of nitrogens with one attached hydrogen (secondary N) is 1. The maximum Gasteiger partial charge on any atom is 0.326 e. The molecule has 0 fully saturated rings. The maximum atomic E-state index is 12.1. The maximum absolute atomic E-state index is 12.1. The topological polar surface area (TPSA) is 66.4 Å². The van der Waals surface area contributed by atoms with Crippen LogP contribution in [0, 0.1) is 6.92 Å². The largest absolute Gasteiger partial charge is 0.480 e. The van der Waals surface area contributed by atoms with Crippen molar-refractivity contribution in [2.45, 2.75) is 51.5 Å². The molecule has 115 valence electrons. The highest BCUT2D eigenvalue weighted by molar-refractivity contribution is 5.96. The lowest BCUT2D eigenvalue weighted by Crippen LogP contribution is -2.40. The molecule has 0 spiro atoms. The van der Waals surface area contributed by atoms with Gasteiger partial charge < -0.3 is 10.4 Å². The van der Waals surface area contributed by atoms with E-state index in [-0.39, 0.29) is 11.3 Å². The molecule has 0 saturated heterocycles. The first kappa shape index (κ1) is 17.2. The van der Waals surface area contributed by atoms with E-state index in [0.717, 1.165) is 5.56 Å². The van der Waals surface area contributed by atoms with Crippen LogP contribution in [-0.4, -0.2) is 23.0 Å². The second-order valence-electron chi connectivity index (χ2n) is 6.19. The van der Waals surface area contributed by atoms with Gasteiger partial charge in [0.25, 0.3) is 5.91 Å². The van der Waals surface area contributed by atoms with Crippen LogP contribution in [0.25, 0.3) is 0 Å². The van der Waals surface area contributed by atoms with E-state index >= 15 is 0 Å². The zero-order chi connectivity index (χ0) is 16.0. The third kappa shape index (κ3) is 5.21. The van der Waals surface area contributed by atoms with Crippen molar-refractivity contribution in [3.05, 3.63) is 42.3 Å². The number of unbranched alkanes of at least 4 members (excludes halogenated alkanes) is 1. The van der Waals surface area contributed by atoms with E-state index in [1.54, 1.807) is 12.1 Å². The van der Waals surface area contributed by atoms with Crippen LogP contribution < -0.4 is 5.32 Å². The molecule has 4 heteroatoms. The number of amides is 1. The highest BCUT2D eigenvalue weighted by atomic mass is 16.4. The Bertz CT molecular complexity index is 486. The molecule has 0 aliphatic rings. The zero-order valence-electron chi connectivity index (χ0n) is 13.0. The van der Waals surface area contributed by atoms with Crippen LogP contribution in [0.1, 0.15) is 56.0 Å². The Balaban J connectivity index is 2.76. The van der Waals surface area contributed by atoms with E-state index in [4.69, 9.17) is 5.11 Å². The fourth-order valence-corrected chi connectivity index (χ4v) is 1.97. The van der Waals surface area contributed by atoms with Crippen molar-refractivity contribution in [1.29, 1.82) is 0 Å². The van der Waals surface area contributed by atoms with Crippen molar-refractivity contribution in [1.82, 2.24) is 5.32 Å². The molecular formula is C17H24NO3. The molecule has 0 bridgehead atoms. The molecule has 2 N–H and O–H groups in total. The number of hydrogen-bond acceptors (Lipinski definition) is 2. The van der Waals surface area contributed by atoms with Crippen molar-refractivity contribution < 1.29 is 14.7 Å². The third-order valence-corrected chi connectivity index (χ3v) is 3.36. The normalized spacial score (nSPS) is 12.8. The Morgan fingerprint density at radius 2 is 1.81 bits per heavy atom. The smallest absolute Gasteiger partial charge is 0.326 e. The van der Waals surface area contributed by atoms with Gasteiger partial charge in [-0.25, -0.2) is 4.79 Å². The lowest BCUT2D eigenvalue weighted by atomic mass is 9.86. The van der Waals surface area contributed by atoms with Crippen LogP contribution in [0.5, 0.6) is 0 Å². The number of carboxylic acid groups (broad SMARTS) is 1. The van der Waals surface area contributed by atoms with E-state index in [2.05, 4.69) is 33.0 Å². The Morgan fingerprint density at radius 1 is 1.24 bits per heavy atom. The number of hydrogen-bond donors (Lipinski definition) is 2. The molecule has 0 aliphatic carbocycles. The third-order valence-electron chi connectivity index (χ3n) is 3.36. The number of carbonyl (C=O) groups excluding carboxylic acids is 1. The fourth-order valence-electron chi connectivity index (χ4n) is 1.97. The van der Waals surface area contributed by atoms with Gasteiger partial charge in [-0.3, -0.25) is 4.79 Å². The predicted octanol–water partition coefficient (Wildman–Crippen LogP) is 3.17. The molecule has 0 heterocycles. The second kappa shape index (κ2) is 7.25. The van der Waals surface area contributed by atoms with E-state index in [0.29, 0.717) is 24.8 Å². The molecule has 1 atom stereocenters. The van der Waals surface area contributed by atoms with Gasteiger partial charge in [-0.05, 0) is 29.5 Å². The van der Waals surface area contributed by atoms with E-state index in [9.17, 15) is 9.59 Å². The molecule has 1 unspecified atom stereocenters. The van der Waals surface area contributed by atoms with Gasteiger partial charge in [0.05, 0.1) is 0 Å². The van der Waals surface area contributed by atoms with E-state index in [1.165, 1.54) is 0 Å². The van der Waals surface area contributed by atoms with Crippen LogP contribution in [0.2, 0.25) is 0 Å². The summed E-state index contributed by atoms with van der Waals surface area (Å²) in [6.45, 7) is 9.98. The molecule has 1 rings (SSSR count).